The van der Waals surface area contributed by atoms with Crippen LogP contribution in [0.1, 0.15) is 22.2 Å². The average molecular weight is 341 g/mol. The van der Waals surface area contributed by atoms with Gasteiger partial charge in [-0.2, -0.15) is 8.42 Å². The van der Waals surface area contributed by atoms with Crippen LogP contribution in [0.4, 0.5) is 0 Å². The molecule has 2 radical (unpaired) electrons. The Hall–Kier alpha value is 0.330. The summed E-state index contributed by atoms with van der Waals surface area (Å²) in [6.07, 6.45) is 1.03. The molecule has 0 saturated carbocycles. The predicted molar refractivity (Wildman–Crippen MR) is 84.9 cm³/mol. The van der Waals surface area contributed by atoms with Gasteiger partial charge in [0.1, 0.15) is 0 Å². The fourth-order valence-electron chi connectivity index (χ4n) is 0.877. The third-order valence-corrected chi connectivity index (χ3v) is 2.64. The van der Waals surface area contributed by atoms with E-state index < -0.39 is 33.3 Å². The molecule has 0 bridgehead atoms. The molecule has 0 spiro atoms. The van der Waals surface area contributed by atoms with Gasteiger partial charge in [-0.15, -0.1) is 0 Å². The van der Waals surface area contributed by atoms with Crippen LogP contribution in [0.2, 0.25) is 0 Å². The second-order valence-electron chi connectivity index (χ2n) is 4.39. The maximum atomic E-state index is 10.8. The second-order valence-corrected chi connectivity index (χ2v) is 5.84. The first-order chi connectivity index (χ1) is 8.30. The molecular formula is C11H21NNa2O6S. The maximum Gasteiger partial charge on any atom is 0.330 e. The van der Waals surface area contributed by atoms with Crippen molar-refractivity contribution >= 4 is 81.1 Å². The summed E-state index contributed by atoms with van der Waals surface area (Å²) in [4.78, 5) is 20.4. The SMILES string of the molecule is C=C(C)C(=O)O.C=CC(=O)NC(C)(C)CS(=O)(=O)O.[HH].[Na].[Na]. The number of aliphatic carboxylic acids is 1. The summed E-state index contributed by atoms with van der Waals surface area (Å²) in [7, 11) is -4.08. The van der Waals surface area contributed by atoms with Crippen molar-refractivity contribution in [3.63, 3.8) is 0 Å². The van der Waals surface area contributed by atoms with Gasteiger partial charge >= 0.3 is 5.97 Å². The molecule has 0 atom stereocenters. The molecule has 0 saturated heterocycles. The van der Waals surface area contributed by atoms with Crippen LogP contribution in [-0.2, 0) is 19.7 Å². The van der Waals surface area contributed by atoms with Gasteiger partial charge in [-0.1, -0.05) is 13.2 Å². The molecule has 0 aromatic rings. The molecule has 0 aliphatic rings. The van der Waals surface area contributed by atoms with Crippen LogP contribution in [0.15, 0.2) is 24.8 Å². The number of nitrogens with one attached hydrogen (secondary N) is 1. The van der Waals surface area contributed by atoms with Crippen molar-refractivity contribution in [3.05, 3.63) is 24.8 Å². The van der Waals surface area contributed by atoms with Crippen molar-refractivity contribution in [2.75, 3.05) is 5.75 Å². The minimum atomic E-state index is -4.08. The van der Waals surface area contributed by atoms with Crippen LogP contribution in [0.5, 0.6) is 0 Å². The molecule has 0 aliphatic heterocycles. The Morgan fingerprint density at radius 3 is 1.86 bits per heavy atom. The van der Waals surface area contributed by atoms with Crippen LogP contribution < -0.4 is 5.32 Å². The van der Waals surface area contributed by atoms with Gasteiger partial charge in [0.2, 0.25) is 5.91 Å². The van der Waals surface area contributed by atoms with Crippen molar-refractivity contribution in [2.24, 2.45) is 0 Å². The molecular weight excluding hydrogens is 320 g/mol. The Labute approximate surface area is 171 Å². The molecule has 3 N–H and O–H groups in total. The Kier molecular flexibility index (Phi) is 17.9. The van der Waals surface area contributed by atoms with Gasteiger partial charge in [0, 0.05) is 66.1 Å². The smallest absolute Gasteiger partial charge is 0.330 e. The summed E-state index contributed by atoms with van der Waals surface area (Å²) in [5.74, 6) is -1.94. The number of carbonyl (C=O) groups excluding carboxylic acids is 1. The number of carboxylic acids is 1. The fraction of sp³-hybridized carbons (Fsp3) is 0.455. The number of hydrogen-bond acceptors (Lipinski definition) is 4. The predicted octanol–water partition coefficient (Wildman–Crippen LogP) is 0.0865. The number of rotatable bonds is 5. The summed E-state index contributed by atoms with van der Waals surface area (Å²) >= 11 is 0. The number of carbonyl (C=O) groups is 2. The van der Waals surface area contributed by atoms with E-state index >= 15 is 0 Å². The standard InChI is InChI=1S/C7H13NO4S.C4H6O2.2Na.H2/c1-4-6(9)8-7(2,3)5-13(10,11)12;1-3(2)4(5)6;;;/h4H,1,5H2,2-3H3,(H,8,9)(H,10,11,12);1H2,2H3,(H,5,6);;;1H. The van der Waals surface area contributed by atoms with Crippen LogP contribution in [0.3, 0.4) is 0 Å². The Bertz CT molecular complexity index is 467. The van der Waals surface area contributed by atoms with Gasteiger partial charge in [0.05, 0.1) is 11.3 Å². The third kappa shape index (κ3) is 22.7. The topological polar surface area (TPSA) is 121 Å². The molecule has 7 nitrogen and oxygen atoms in total. The van der Waals surface area contributed by atoms with Gasteiger partial charge in [-0.05, 0) is 26.8 Å². The van der Waals surface area contributed by atoms with Gasteiger partial charge in [0.15, 0.2) is 0 Å². The van der Waals surface area contributed by atoms with Gasteiger partial charge in [0.25, 0.3) is 10.1 Å². The van der Waals surface area contributed by atoms with Crippen molar-refractivity contribution < 1.29 is 29.1 Å². The number of carboxylic acid groups (broad SMARTS) is 1. The van der Waals surface area contributed by atoms with Crippen molar-refractivity contribution in [1.82, 2.24) is 5.32 Å². The largest absolute Gasteiger partial charge is 0.478 e. The molecule has 0 heterocycles. The van der Waals surface area contributed by atoms with Gasteiger partial charge in [-0.25, -0.2) is 4.79 Å². The molecule has 0 unspecified atom stereocenters. The third-order valence-electron chi connectivity index (χ3n) is 1.56. The van der Waals surface area contributed by atoms with E-state index in [9.17, 15) is 18.0 Å². The Balaban J connectivity index is -0.0000000933. The second kappa shape index (κ2) is 12.8. The molecule has 0 aromatic heterocycles. The van der Waals surface area contributed by atoms with E-state index in [1.54, 1.807) is 0 Å². The normalized spacial score (nSPS) is 9.71. The summed E-state index contributed by atoms with van der Waals surface area (Å²) in [6.45, 7) is 10.8. The zero-order chi connectivity index (χ0) is 15.9. The molecule has 0 rings (SSSR count). The van der Waals surface area contributed by atoms with Gasteiger partial charge in [-0.3, -0.25) is 9.35 Å². The molecule has 10 heteroatoms. The van der Waals surface area contributed by atoms with Crippen LogP contribution in [0, 0.1) is 0 Å². The van der Waals surface area contributed by atoms with E-state index in [1.807, 2.05) is 0 Å². The van der Waals surface area contributed by atoms with E-state index in [0.29, 0.717) is 0 Å². The Morgan fingerprint density at radius 1 is 1.33 bits per heavy atom. The van der Waals surface area contributed by atoms with Crippen LogP contribution >= 0.6 is 0 Å². The number of hydrogen-bond donors (Lipinski definition) is 3. The minimum Gasteiger partial charge on any atom is -0.478 e. The van der Waals surface area contributed by atoms with Crippen molar-refractivity contribution in [3.8, 4) is 0 Å². The Morgan fingerprint density at radius 2 is 1.67 bits per heavy atom. The van der Waals surface area contributed by atoms with E-state index in [-0.39, 0.29) is 66.1 Å². The molecule has 0 aliphatic carbocycles. The molecule has 1 amide bonds. The summed E-state index contributed by atoms with van der Waals surface area (Å²) in [5.41, 5.74) is -0.825. The van der Waals surface area contributed by atoms with E-state index in [4.69, 9.17) is 9.66 Å². The fourth-order valence-corrected chi connectivity index (χ4v) is 1.86. The van der Waals surface area contributed by atoms with Crippen molar-refractivity contribution in [2.45, 2.75) is 26.3 Å². The van der Waals surface area contributed by atoms with Crippen LogP contribution in [0.25, 0.3) is 0 Å². The number of amides is 1. The van der Waals surface area contributed by atoms with Gasteiger partial charge < -0.3 is 10.4 Å². The zero-order valence-corrected chi connectivity index (χ0v) is 18.0. The first kappa shape index (κ1) is 29.4. The average Bonchev–Trinajstić information content (AvgIpc) is 2.13. The maximum absolute atomic E-state index is 10.8. The monoisotopic (exact) mass is 341 g/mol. The first-order valence-electron chi connectivity index (χ1n) is 5.09. The zero-order valence-electron chi connectivity index (χ0n) is 13.1. The molecule has 21 heavy (non-hydrogen) atoms. The van der Waals surface area contributed by atoms with Crippen molar-refractivity contribution in [1.29, 1.82) is 0 Å². The van der Waals surface area contributed by atoms with E-state index in [1.165, 1.54) is 20.8 Å². The van der Waals surface area contributed by atoms with E-state index in [2.05, 4.69) is 18.5 Å². The quantitative estimate of drug-likeness (QED) is 0.370. The summed E-state index contributed by atoms with van der Waals surface area (Å²) < 4.78 is 29.5. The minimum absolute atomic E-state index is 0. The molecule has 0 aromatic carbocycles. The first-order valence-corrected chi connectivity index (χ1v) is 6.70. The summed E-state index contributed by atoms with van der Waals surface area (Å²) in [5, 5.41) is 10.3. The summed E-state index contributed by atoms with van der Waals surface area (Å²) in [6, 6.07) is 0. The molecule has 0 fully saturated rings. The van der Waals surface area contributed by atoms with Crippen LogP contribution in [-0.4, -0.2) is 100 Å². The van der Waals surface area contributed by atoms with E-state index in [0.717, 1.165) is 6.08 Å². The molecule has 114 valence electrons.